The minimum atomic E-state index is 0.178. The summed E-state index contributed by atoms with van der Waals surface area (Å²) in [6, 6.07) is 8.35. The second-order valence-corrected chi connectivity index (χ2v) is 7.82. The molecule has 29 heavy (non-hydrogen) atoms. The van der Waals surface area contributed by atoms with E-state index in [9.17, 15) is 4.79 Å². The molecule has 156 valence electrons. The average molecular weight is 399 g/mol. The van der Waals surface area contributed by atoms with Gasteiger partial charge in [-0.05, 0) is 44.0 Å². The molecule has 0 spiro atoms. The zero-order chi connectivity index (χ0) is 20.1. The van der Waals surface area contributed by atoms with E-state index in [0.717, 1.165) is 43.5 Å². The summed E-state index contributed by atoms with van der Waals surface area (Å²) in [5.41, 5.74) is 0.873. The Bertz CT molecular complexity index is 791. The highest BCUT2D eigenvalue weighted by molar-refractivity contribution is 5.76. The van der Waals surface area contributed by atoms with Gasteiger partial charge in [-0.1, -0.05) is 18.0 Å². The molecule has 7 nitrogen and oxygen atoms in total. The van der Waals surface area contributed by atoms with Crippen LogP contribution in [0.4, 0.5) is 0 Å². The molecule has 2 aromatic rings. The van der Waals surface area contributed by atoms with Crippen molar-refractivity contribution in [3.63, 3.8) is 0 Å². The molecule has 2 heterocycles. The largest absolute Gasteiger partial charge is 0.494 e. The second-order valence-electron chi connectivity index (χ2n) is 7.82. The molecule has 1 saturated carbocycles. The summed E-state index contributed by atoms with van der Waals surface area (Å²) in [6.45, 7) is 6.25. The monoisotopic (exact) mass is 398 g/mol. The number of ether oxygens (including phenoxy) is 1. The number of carbonyl (C=O) groups is 1. The van der Waals surface area contributed by atoms with Crippen LogP contribution in [0, 0.1) is 0 Å². The first kappa shape index (κ1) is 19.9. The molecule has 0 bridgehead atoms. The summed E-state index contributed by atoms with van der Waals surface area (Å²) >= 11 is 0. The summed E-state index contributed by atoms with van der Waals surface area (Å²) in [6.07, 6.45) is 6.24. The minimum absolute atomic E-state index is 0.178. The smallest absolute Gasteiger partial charge is 0.227 e. The zero-order valence-electron chi connectivity index (χ0n) is 17.2. The number of aryl methyl sites for hydroxylation is 1. The number of hydrogen-bond donors (Lipinski definition) is 0. The average Bonchev–Trinajstić information content (AvgIpc) is 3.45. The van der Waals surface area contributed by atoms with Gasteiger partial charge in [0.05, 0.1) is 6.61 Å². The van der Waals surface area contributed by atoms with Crippen LogP contribution in [-0.2, 0) is 11.2 Å². The normalized spacial score (nSPS) is 18.3. The number of nitrogens with zero attached hydrogens (tertiary/aromatic N) is 4. The SMILES string of the molecule is CCOc1ccc(-c2noc(CCC(=O)N3CCN(C4CCCC4)CC3)n2)cc1. The van der Waals surface area contributed by atoms with Gasteiger partial charge >= 0.3 is 0 Å². The maximum atomic E-state index is 12.6. The molecule has 7 heteroatoms. The van der Waals surface area contributed by atoms with Gasteiger partial charge in [0.1, 0.15) is 5.75 Å². The zero-order valence-corrected chi connectivity index (χ0v) is 17.2. The molecule has 2 aliphatic rings. The third-order valence-corrected chi connectivity index (χ3v) is 5.95. The lowest BCUT2D eigenvalue weighted by atomic mass is 10.1. The van der Waals surface area contributed by atoms with E-state index in [1.54, 1.807) is 0 Å². The van der Waals surface area contributed by atoms with E-state index in [4.69, 9.17) is 9.26 Å². The highest BCUT2D eigenvalue weighted by Crippen LogP contribution is 2.24. The Morgan fingerprint density at radius 3 is 2.55 bits per heavy atom. The standard InChI is InChI=1S/C22H30N4O3/c1-2-28-19-9-7-17(8-10-19)22-23-20(29-24-22)11-12-21(27)26-15-13-25(14-16-26)18-5-3-4-6-18/h7-10,18H,2-6,11-16H2,1H3. The molecule has 0 radical (unpaired) electrons. The van der Waals surface area contributed by atoms with Crippen LogP contribution in [-0.4, -0.2) is 64.7 Å². The molecule has 1 aliphatic heterocycles. The van der Waals surface area contributed by atoms with Crippen LogP contribution < -0.4 is 4.74 Å². The van der Waals surface area contributed by atoms with Crippen LogP contribution in [0.5, 0.6) is 5.75 Å². The van der Waals surface area contributed by atoms with Gasteiger partial charge in [-0.25, -0.2) is 0 Å². The highest BCUT2D eigenvalue weighted by atomic mass is 16.5. The number of rotatable bonds is 7. The van der Waals surface area contributed by atoms with Crippen molar-refractivity contribution in [3.05, 3.63) is 30.2 Å². The van der Waals surface area contributed by atoms with Gasteiger partial charge in [-0.3, -0.25) is 9.69 Å². The van der Waals surface area contributed by atoms with Gasteiger partial charge in [0.2, 0.25) is 17.6 Å². The second kappa shape index (κ2) is 9.39. The molecular weight excluding hydrogens is 368 g/mol. The van der Waals surface area contributed by atoms with E-state index >= 15 is 0 Å². The molecular formula is C22H30N4O3. The maximum Gasteiger partial charge on any atom is 0.227 e. The van der Waals surface area contributed by atoms with Crippen LogP contribution in [0.2, 0.25) is 0 Å². The number of benzene rings is 1. The lowest BCUT2D eigenvalue weighted by Crippen LogP contribution is -2.51. The quantitative estimate of drug-likeness (QED) is 0.713. The van der Waals surface area contributed by atoms with E-state index in [1.807, 2.05) is 36.1 Å². The maximum absolute atomic E-state index is 12.6. The molecule has 0 N–H and O–H groups in total. The first-order valence-corrected chi connectivity index (χ1v) is 10.8. The summed E-state index contributed by atoms with van der Waals surface area (Å²) in [5.74, 6) is 2.04. The van der Waals surface area contributed by atoms with Gasteiger partial charge in [-0.2, -0.15) is 4.98 Å². The van der Waals surface area contributed by atoms with Crippen LogP contribution in [0.25, 0.3) is 11.4 Å². The third-order valence-electron chi connectivity index (χ3n) is 5.95. The number of piperazine rings is 1. The van der Waals surface area contributed by atoms with Crippen molar-refractivity contribution in [2.75, 3.05) is 32.8 Å². The molecule has 1 aliphatic carbocycles. The summed E-state index contributed by atoms with van der Waals surface area (Å²) in [5, 5.41) is 4.05. The van der Waals surface area contributed by atoms with Crippen molar-refractivity contribution in [2.24, 2.45) is 0 Å². The van der Waals surface area contributed by atoms with Crippen molar-refractivity contribution < 1.29 is 14.1 Å². The van der Waals surface area contributed by atoms with Gasteiger partial charge in [0, 0.05) is 50.6 Å². The van der Waals surface area contributed by atoms with E-state index in [1.165, 1.54) is 25.7 Å². The Morgan fingerprint density at radius 1 is 1.14 bits per heavy atom. The van der Waals surface area contributed by atoms with E-state index in [0.29, 0.717) is 31.2 Å². The molecule has 1 saturated heterocycles. The Balaban J connectivity index is 1.25. The first-order valence-electron chi connectivity index (χ1n) is 10.8. The van der Waals surface area contributed by atoms with Crippen molar-refractivity contribution in [1.82, 2.24) is 19.9 Å². The van der Waals surface area contributed by atoms with E-state index < -0.39 is 0 Å². The number of hydrogen-bond acceptors (Lipinski definition) is 6. The first-order chi connectivity index (χ1) is 14.2. The molecule has 0 unspecified atom stereocenters. The molecule has 1 aromatic carbocycles. The Kier molecular flexibility index (Phi) is 6.44. The number of carbonyl (C=O) groups excluding carboxylic acids is 1. The molecule has 1 amide bonds. The van der Waals surface area contributed by atoms with Gasteiger partial charge in [0.15, 0.2) is 0 Å². The topological polar surface area (TPSA) is 71.7 Å². The van der Waals surface area contributed by atoms with E-state index in [2.05, 4.69) is 15.0 Å². The van der Waals surface area contributed by atoms with Crippen LogP contribution in [0.1, 0.15) is 44.9 Å². The Labute approximate surface area is 172 Å². The van der Waals surface area contributed by atoms with Crippen molar-refractivity contribution >= 4 is 5.91 Å². The number of amides is 1. The summed E-state index contributed by atoms with van der Waals surface area (Å²) in [7, 11) is 0. The van der Waals surface area contributed by atoms with Crippen molar-refractivity contribution in [2.45, 2.75) is 51.5 Å². The molecule has 0 atom stereocenters. The fraction of sp³-hybridized carbons (Fsp3) is 0.591. The van der Waals surface area contributed by atoms with Crippen LogP contribution in [0.15, 0.2) is 28.8 Å². The molecule has 1 aromatic heterocycles. The van der Waals surface area contributed by atoms with Crippen LogP contribution in [0.3, 0.4) is 0 Å². The predicted molar refractivity (Wildman–Crippen MR) is 110 cm³/mol. The predicted octanol–water partition coefficient (Wildman–Crippen LogP) is 3.15. The Hall–Kier alpha value is -2.41. The lowest BCUT2D eigenvalue weighted by molar-refractivity contribution is -0.133. The Morgan fingerprint density at radius 2 is 1.86 bits per heavy atom. The van der Waals surface area contributed by atoms with Gasteiger partial charge < -0.3 is 14.2 Å². The van der Waals surface area contributed by atoms with Crippen LogP contribution >= 0.6 is 0 Å². The number of aromatic nitrogens is 2. The van der Waals surface area contributed by atoms with E-state index in [-0.39, 0.29) is 5.91 Å². The van der Waals surface area contributed by atoms with Crippen molar-refractivity contribution in [1.29, 1.82) is 0 Å². The summed E-state index contributed by atoms with van der Waals surface area (Å²) in [4.78, 5) is 21.6. The van der Waals surface area contributed by atoms with Gasteiger partial charge in [-0.15, -0.1) is 0 Å². The third kappa shape index (κ3) is 4.96. The highest BCUT2D eigenvalue weighted by Gasteiger charge is 2.27. The van der Waals surface area contributed by atoms with Crippen molar-refractivity contribution in [3.8, 4) is 17.1 Å². The molecule has 4 rings (SSSR count). The van der Waals surface area contributed by atoms with Gasteiger partial charge in [0.25, 0.3) is 0 Å². The summed E-state index contributed by atoms with van der Waals surface area (Å²) < 4.78 is 10.8. The minimum Gasteiger partial charge on any atom is -0.494 e. The molecule has 2 fully saturated rings. The fourth-order valence-corrected chi connectivity index (χ4v) is 4.32. The fourth-order valence-electron chi connectivity index (χ4n) is 4.32. The lowest BCUT2D eigenvalue weighted by Gasteiger charge is -2.38.